The van der Waals surface area contributed by atoms with E-state index in [0.29, 0.717) is 16.4 Å². The van der Waals surface area contributed by atoms with Gasteiger partial charge in [-0.1, -0.05) is 23.7 Å². The Hall–Kier alpha value is -2.33. The van der Waals surface area contributed by atoms with Crippen LogP contribution in [-0.4, -0.2) is 16.1 Å². The van der Waals surface area contributed by atoms with Crippen molar-refractivity contribution >= 4 is 34.2 Å². The number of amides is 1. The lowest BCUT2D eigenvalue weighted by molar-refractivity contribution is 0.102. The van der Waals surface area contributed by atoms with E-state index in [2.05, 4.69) is 15.5 Å². The summed E-state index contributed by atoms with van der Waals surface area (Å²) in [5.74, 6) is 0.330. The quantitative estimate of drug-likeness (QED) is 0.753. The Bertz CT molecular complexity index is 795. The summed E-state index contributed by atoms with van der Waals surface area (Å²) in [5.41, 5.74) is 2.30. The van der Waals surface area contributed by atoms with E-state index >= 15 is 0 Å². The van der Waals surface area contributed by atoms with Crippen molar-refractivity contribution in [2.24, 2.45) is 0 Å². The summed E-state index contributed by atoms with van der Waals surface area (Å²) in [7, 11) is 0. The molecule has 2 aromatic carbocycles. The smallest absolute Gasteiger partial charge is 0.257 e. The average Bonchev–Trinajstić information content (AvgIpc) is 2.82. The van der Waals surface area contributed by atoms with E-state index in [1.807, 2.05) is 31.2 Å². The molecule has 0 spiro atoms. The Labute approximate surface area is 120 Å². The number of anilines is 1. The molecule has 0 fully saturated rings. The van der Waals surface area contributed by atoms with Gasteiger partial charge in [-0.25, -0.2) is 0 Å². The zero-order chi connectivity index (χ0) is 14.1. The molecule has 5 heteroatoms. The van der Waals surface area contributed by atoms with E-state index < -0.39 is 0 Å². The van der Waals surface area contributed by atoms with Crippen molar-refractivity contribution in [3.05, 3.63) is 58.6 Å². The first-order valence-corrected chi connectivity index (χ1v) is 6.53. The van der Waals surface area contributed by atoms with Gasteiger partial charge >= 0.3 is 0 Å². The van der Waals surface area contributed by atoms with Crippen LogP contribution in [-0.2, 0) is 0 Å². The molecule has 1 amide bonds. The number of halogens is 1. The SMILES string of the molecule is Cc1cc(Cl)ccc1C(=O)Nc1n[nH]c2ccccc12. The molecule has 0 aliphatic heterocycles. The number of nitrogens with zero attached hydrogens (tertiary/aromatic N) is 1. The minimum Gasteiger partial charge on any atom is -0.305 e. The Morgan fingerprint density at radius 2 is 2.05 bits per heavy atom. The molecule has 0 radical (unpaired) electrons. The van der Waals surface area contributed by atoms with Gasteiger partial charge in [0.05, 0.1) is 5.52 Å². The molecule has 3 aromatic rings. The number of aryl methyl sites for hydroxylation is 1. The summed E-state index contributed by atoms with van der Waals surface area (Å²) in [6.45, 7) is 1.85. The molecular formula is C15H12ClN3O. The fraction of sp³-hybridized carbons (Fsp3) is 0.0667. The minimum absolute atomic E-state index is 0.198. The summed E-state index contributed by atoms with van der Waals surface area (Å²) < 4.78 is 0. The summed E-state index contributed by atoms with van der Waals surface area (Å²) in [6, 6.07) is 12.8. The molecule has 3 rings (SSSR count). The van der Waals surface area contributed by atoms with Crippen LogP contribution in [0.3, 0.4) is 0 Å². The first-order chi connectivity index (χ1) is 9.65. The number of para-hydroxylation sites is 1. The van der Waals surface area contributed by atoms with E-state index in [0.717, 1.165) is 16.5 Å². The van der Waals surface area contributed by atoms with Gasteiger partial charge in [-0.05, 0) is 42.8 Å². The van der Waals surface area contributed by atoms with Gasteiger partial charge in [-0.2, -0.15) is 5.10 Å². The van der Waals surface area contributed by atoms with Crippen molar-refractivity contribution in [1.29, 1.82) is 0 Å². The third-order valence-corrected chi connectivity index (χ3v) is 3.37. The molecular weight excluding hydrogens is 274 g/mol. The van der Waals surface area contributed by atoms with Crippen LogP contribution in [0.1, 0.15) is 15.9 Å². The Morgan fingerprint density at radius 3 is 2.85 bits per heavy atom. The lowest BCUT2D eigenvalue weighted by Gasteiger charge is -2.06. The Balaban J connectivity index is 1.92. The molecule has 100 valence electrons. The molecule has 0 saturated carbocycles. The third kappa shape index (κ3) is 2.26. The lowest BCUT2D eigenvalue weighted by atomic mass is 10.1. The number of H-pyrrole nitrogens is 1. The molecule has 0 saturated heterocycles. The van der Waals surface area contributed by atoms with Crippen LogP contribution in [0.15, 0.2) is 42.5 Å². The van der Waals surface area contributed by atoms with Crippen LogP contribution in [0.2, 0.25) is 5.02 Å². The number of benzene rings is 2. The van der Waals surface area contributed by atoms with E-state index in [9.17, 15) is 4.79 Å². The number of nitrogens with one attached hydrogen (secondary N) is 2. The predicted octanol–water partition coefficient (Wildman–Crippen LogP) is 3.78. The molecule has 4 nitrogen and oxygen atoms in total. The lowest BCUT2D eigenvalue weighted by Crippen LogP contribution is -2.13. The van der Waals surface area contributed by atoms with E-state index in [4.69, 9.17) is 11.6 Å². The molecule has 1 aromatic heterocycles. The first-order valence-electron chi connectivity index (χ1n) is 6.16. The van der Waals surface area contributed by atoms with Gasteiger partial charge in [0.15, 0.2) is 5.82 Å². The van der Waals surface area contributed by atoms with Gasteiger partial charge in [0, 0.05) is 16.0 Å². The molecule has 20 heavy (non-hydrogen) atoms. The summed E-state index contributed by atoms with van der Waals surface area (Å²) in [4.78, 5) is 12.3. The second-order valence-corrected chi connectivity index (χ2v) is 4.97. The second-order valence-electron chi connectivity index (χ2n) is 4.53. The fourth-order valence-corrected chi connectivity index (χ4v) is 2.34. The van der Waals surface area contributed by atoms with Crippen LogP contribution < -0.4 is 5.32 Å². The van der Waals surface area contributed by atoms with Crippen LogP contribution in [0.4, 0.5) is 5.82 Å². The second kappa shape index (κ2) is 4.98. The van der Waals surface area contributed by atoms with Crippen molar-refractivity contribution in [1.82, 2.24) is 10.2 Å². The zero-order valence-electron chi connectivity index (χ0n) is 10.8. The Kier molecular flexibility index (Phi) is 3.16. The first kappa shape index (κ1) is 12.7. The van der Waals surface area contributed by atoms with Crippen LogP contribution in [0.5, 0.6) is 0 Å². The summed E-state index contributed by atoms with van der Waals surface area (Å²) in [6.07, 6.45) is 0. The average molecular weight is 286 g/mol. The molecule has 0 atom stereocenters. The highest BCUT2D eigenvalue weighted by Crippen LogP contribution is 2.21. The third-order valence-electron chi connectivity index (χ3n) is 3.14. The number of hydrogen-bond donors (Lipinski definition) is 2. The number of aromatic nitrogens is 2. The highest BCUT2D eigenvalue weighted by Gasteiger charge is 2.12. The van der Waals surface area contributed by atoms with Gasteiger partial charge < -0.3 is 5.32 Å². The molecule has 1 heterocycles. The van der Waals surface area contributed by atoms with Gasteiger partial charge in [-0.15, -0.1) is 0 Å². The topological polar surface area (TPSA) is 57.8 Å². The van der Waals surface area contributed by atoms with Crippen molar-refractivity contribution in [2.45, 2.75) is 6.92 Å². The number of fused-ring (bicyclic) bond motifs is 1. The van der Waals surface area contributed by atoms with Crippen LogP contribution in [0, 0.1) is 6.92 Å². The van der Waals surface area contributed by atoms with Crippen molar-refractivity contribution in [3.8, 4) is 0 Å². The highest BCUT2D eigenvalue weighted by molar-refractivity contribution is 6.30. The maximum atomic E-state index is 12.3. The van der Waals surface area contributed by atoms with Gasteiger partial charge in [0.25, 0.3) is 5.91 Å². The molecule has 0 unspecified atom stereocenters. The maximum Gasteiger partial charge on any atom is 0.257 e. The normalized spacial score (nSPS) is 10.7. The minimum atomic E-state index is -0.198. The maximum absolute atomic E-state index is 12.3. The summed E-state index contributed by atoms with van der Waals surface area (Å²) >= 11 is 5.89. The summed E-state index contributed by atoms with van der Waals surface area (Å²) in [5, 5.41) is 11.3. The van der Waals surface area contributed by atoms with E-state index in [1.165, 1.54) is 0 Å². The largest absolute Gasteiger partial charge is 0.305 e. The zero-order valence-corrected chi connectivity index (χ0v) is 11.5. The number of hydrogen-bond acceptors (Lipinski definition) is 2. The Morgan fingerprint density at radius 1 is 1.25 bits per heavy atom. The fourth-order valence-electron chi connectivity index (χ4n) is 2.12. The monoisotopic (exact) mass is 285 g/mol. The number of aromatic amines is 1. The molecule has 0 aliphatic carbocycles. The number of carbonyl (C=O) groups is 1. The van der Waals surface area contributed by atoms with Crippen molar-refractivity contribution in [2.75, 3.05) is 5.32 Å². The van der Waals surface area contributed by atoms with Gasteiger partial charge in [0.1, 0.15) is 0 Å². The van der Waals surface area contributed by atoms with Crippen LogP contribution in [0.25, 0.3) is 10.9 Å². The van der Waals surface area contributed by atoms with Crippen molar-refractivity contribution in [3.63, 3.8) is 0 Å². The van der Waals surface area contributed by atoms with Gasteiger partial charge in [0.2, 0.25) is 0 Å². The highest BCUT2D eigenvalue weighted by atomic mass is 35.5. The number of carbonyl (C=O) groups excluding carboxylic acids is 1. The predicted molar refractivity (Wildman–Crippen MR) is 80.2 cm³/mol. The van der Waals surface area contributed by atoms with E-state index in [1.54, 1.807) is 18.2 Å². The van der Waals surface area contributed by atoms with Crippen LogP contribution >= 0.6 is 11.6 Å². The van der Waals surface area contributed by atoms with Gasteiger partial charge in [-0.3, -0.25) is 9.89 Å². The molecule has 0 bridgehead atoms. The van der Waals surface area contributed by atoms with Crippen molar-refractivity contribution < 1.29 is 4.79 Å². The number of rotatable bonds is 2. The molecule has 0 aliphatic rings. The van der Waals surface area contributed by atoms with E-state index in [-0.39, 0.29) is 5.91 Å². The standard InChI is InChI=1S/C15H12ClN3O/c1-9-8-10(16)6-7-11(9)15(20)17-14-12-4-2-3-5-13(12)18-19-14/h2-8H,1H3,(H2,17,18,19,20). The molecule has 2 N–H and O–H groups in total.